The Morgan fingerprint density at radius 2 is 1.89 bits per heavy atom. The quantitative estimate of drug-likeness (QED) is 0.414. The van der Waals surface area contributed by atoms with Gasteiger partial charge in [-0.3, -0.25) is 19.1 Å². The van der Waals surface area contributed by atoms with Crippen LogP contribution in [0.3, 0.4) is 0 Å². The number of sulfonamides is 1. The summed E-state index contributed by atoms with van der Waals surface area (Å²) in [4.78, 5) is 13.1. The van der Waals surface area contributed by atoms with Crippen molar-refractivity contribution in [2.75, 3.05) is 32.2 Å². The Kier molecular flexibility index (Phi) is 5.09. The number of nitrogens with one attached hydrogen (secondary N) is 1. The number of pyridine rings is 1. The molecule has 0 amide bonds. The van der Waals surface area contributed by atoms with Crippen molar-refractivity contribution >= 4 is 26.7 Å². The molecule has 1 aliphatic rings. The zero-order chi connectivity index (χ0) is 25.3. The normalized spacial score (nSPS) is 16.0. The lowest BCUT2D eigenvalue weighted by molar-refractivity contribution is -0.103. The van der Waals surface area contributed by atoms with Gasteiger partial charge in [-0.1, -0.05) is 6.07 Å². The maximum absolute atomic E-state index is 14.6. The van der Waals surface area contributed by atoms with Crippen LogP contribution < -0.4 is 11.3 Å². The molecule has 0 atom stereocenters. The first kappa shape index (κ1) is 23.1. The van der Waals surface area contributed by atoms with Gasteiger partial charge >= 0.3 is 0 Å². The number of nitrogens with two attached hydrogens (primary N) is 1. The number of nitrogen functional groups attached to an aromatic ring is 1. The molecule has 1 saturated heterocycles. The molecule has 14 heteroatoms. The molecule has 4 aromatic rings. The van der Waals surface area contributed by atoms with Gasteiger partial charge in [0.1, 0.15) is 28.3 Å². The van der Waals surface area contributed by atoms with Crippen LogP contribution in [0.2, 0.25) is 0 Å². The average Bonchev–Trinajstić information content (AvgIpc) is 3.32. The van der Waals surface area contributed by atoms with E-state index in [-0.39, 0.29) is 29.8 Å². The van der Waals surface area contributed by atoms with Crippen molar-refractivity contribution < 1.29 is 21.9 Å². The topological polar surface area (TPSA) is 141 Å². The lowest BCUT2D eigenvalue weighted by Gasteiger charge is -2.47. The summed E-state index contributed by atoms with van der Waals surface area (Å²) >= 11 is 0. The predicted molar refractivity (Wildman–Crippen MR) is 123 cm³/mol. The Morgan fingerprint density at radius 1 is 1.23 bits per heavy atom. The Balaban J connectivity index is 1.71. The summed E-state index contributed by atoms with van der Waals surface area (Å²) in [5.41, 5.74) is 5.09. The van der Waals surface area contributed by atoms with Crippen molar-refractivity contribution in [3.8, 4) is 16.9 Å². The Morgan fingerprint density at radius 3 is 2.49 bits per heavy atom. The number of aryl methyl sites for hydroxylation is 1. The van der Waals surface area contributed by atoms with E-state index in [0.29, 0.717) is 17.0 Å². The minimum atomic E-state index is -3.40. The van der Waals surface area contributed by atoms with Crippen LogP contribution in [-0.2, 0) is 27.4 Å². The van der Waals surface area contributed by atoms with E-state index in [9.17, 15) is 22.0 Å². The van der Waals surface area contributed by atoms with Crippen molar-refractivity contribution in [2.24, 2.45) is 7.05 Å². The minimum absolute atomic E-state index is 0.0503. The Labute approximate surface area is 197 Å². The number of methoxy groups -OCH3 is 1. The molecule has 184 valence electrons. The molecule has 3 aromatic heterocycles. The van der Waals surface area contributed by atoms with Gasteiger partial charge in [0.25, 0.3) is 5.56 Å². The standard InChI is InChI=1S/C21H21F2N7O4S/c1-28-15(21(34-2)9-29(10-21)35(3,32)33)7-14(27-28)11-8-30(18-12(22)5-4-6-13(18)23)20(31)16-17(11)25-26-19(16)24/h4-8H,9-10H2,1-3H3,(H3,24,25,26). The van der Waals surface area contributed by atoms with Crippen molar-refractivity contribution in [1.29, 1.82) is 0 Å². The van der Waals surface area contributed by atoms with E-state index in [1.807, 2.05) is 0 Å². The van der Waals surface area contributed by atoms with Crippen LogP contribution in [0.4, 0.5) is 14.6 Å². The number of benzene rings is 1. The second kappa shape index (κ2) is 7.69. The second-order valence-electron chi connectivity index (χ2n) is 8.41. The lowest BCUT2D eigenvalue weighted by Crippen LogP contribution is -2.62. The number of nitrogens with zero attached hydrogens (tertiary/aromatic N) is 5. The van der Waals surface area contributed by atoms with E-state index in [0.717, 1.165) is 23.0 Å². The average molecular weight is 506 g/mol. The number of H-pyrrole nitrogens is 1. The van der Waals surface area contributed by atoms with E-state index < -0.39 is 38.5 Å². The molecule has 1 aromatic carbocycles. The molecule has 0 saturated carbocycles. The summed E-state index contributed by atoms with van der Waals surface area (Å²) in [6.07, 6.45) is 2.38. The predicted octanol–water partition coefficient (Wildman–Crippen LogP) is 1.09. The zero-order valence-corrected chi connectivity index (χ0v) is 19.7. The van der Waals surface area contributed by atoms with Gasteiger partial charge in [-0.15, -0.1) is 0 Å². The van der Waals surface area contributed by atoms with Crippen LogP contribution in [0.1, 0.15) is 5.69 Å². The molecule has 0 aliphatic carbocycles. The lowest BCUT2D eigenvalue weighted by atomic mass is 9.92. The third-order valence-electron chi connectivity index (χ3n) is 6.28. The fourth-order valence-corrected chi connectivity index (χ4v) is 5.28. The van der Waals surface area contributed by atoms with Crippen LogP contribution in [0.5, 0.6) is 0 Å². The number of rotatable bonds is 5. The summed E-state index contributed by atoms with van der Waals surface area (Å²) < 4.78 is 62.3. The molecular weight excluding hydrogens is 484 g/mol. The van der Waals surface area contributed by atoms with Crippen molar-refractivity contribution in [2.45, 2.75) is 5.60 Å². The van der Waals surface area contributed by atoms with Crippen molar-refractivity contribution in [3.63, 3.8) is 0 Å². The smallest absolute Gasteiger partial charge is 0.268 e. The fraction of sp³-hybridized carbons (Fsp3) is 0.286. The number of ether oxygens (including phenoxy) is 1. The first-order chi connectivity index (χ1) is 16.5. The maximum Gasteiger partial charge on any atom is 0.268 e. The molecule has 0 unspecified atom stereocenters. The third-order valence-corrected chi connectivity index (χ3v) is 7.48. The molecule has 3 N–H and O–H groups in total. The van der Waals surface area contributed by atoms with Crippen LogP contribution >= 0.6 is 0 Å². The highest BCUT2D eigenvalue weighted by atomic mass is 32.2. The first-order valence-electron chi connectivity index (χ1n) is 10.4. The van der Waals surface area contributed by atoms with Gasteiger partial charge in [-0.2, -0.15) is 14.5 Å². The van der Waals surface area contributed by atoms with Gasteiger partial charge in [0.05, 0.1) is 23.2 Å². The van der Waals surface area contributed by atoms with Gasteiger partial charge in [0.15, 0.2) is 5.82 Å². The number of hydrogen-bond acceptors (Lipinski definition) is 7. The number of halogens is 2. The maximum atomic E-state index is 14.6. The fourth-order valence-electron chi connectivity index (χ4n) is 4.40. The molecule has 35 heavy (non-hydrogen) atoms. The summed E-state index contributed by atoms with van der Waals surface area (Å²) in [6.45, 7) is 0.182. The van der Waals surface area contributed by atoms with E-state index in [1.54, 1.807) is 13.1 Å². The number of hydrogen-bond donors (Lipinski definition) is 2. The van der Waals surface area contributed by atoms with Crippen LogP contribution in [0.15, 0.2) is 35.3 Å². The highest BCUT2D eigenvalue weighted by molar-refractivity contribution is 7.88. The molecular formula is C21H21F2N7O4S. The molecule has 4 heterocycles. The zero-order valence-electron chi connectivity index (χ0n) is 18.9. The summed E-state index contributed by atoms with van der Waals surface area (Å²) in [5.74, 6) is -2.01. The molecule has 0 spiro atoms. The SMILES string of the molecule is COC1(c2cc(-c3cn(-c4c(F)cccc4F)c(=O)c4c(N)n[nH]c34)nn2C)CN(S(C)(=O)=O)C1. The molecule has 5 rings (SSSR count). The van der Waals surface area contributed by atoms with E-state index in [4.69, 9.17) is 10.5 Å². The van der Waals surface area contributed by atoms with Crippen molar-refractivity contribution in [3.05, 3.63) is 58.1 Å². The molecule has 1 aliphatic heterocycles. The van der Waals surface area contributed by atoms with Crippen LogP contribution in [0, 0.1) is 11.6 Å². The minimum Gasteiger partial charge on any atom is -0.382 e. The third kappa shape index (κ3) is 3.44. The van der Waals surface area contributed by atoms with E-state index >= 15 is 0 Å². The summed E-state index contributed by atoms with van der Waals surface area (Å²) in [7, 11) is -0.267. The Bertz CT molecular complexity index is 1630. The molecule has 0 radical (unpaired) electrons. The highest BCUT2D eigenvalue weighted by Crippen LogP contribution is 2.39. The number of para-hydroxylation sites is 1. The second-order valence-corrected chi connectivity index (χ2v) is 10.4. The van der Waals surface area contributed by atoms with Gasteiger partial charge in [0.2, 0.25) is 10.0 Å². The number of aromatic nitrogens is 5. The summed E-state index contributed by atoms with van der Waals surface area (Å²) in [5, 5.41) is 11.1. The molecule has 1 fully saturated rings. The highest BCUT2D eigenvalue weighted by Gasteiger charge is 2.50. The largest absolute Gasteiger partial charge is 0.382 e. The van der Waals surface area contributed by atoms with Crippen LogP contribution in [-0.4, -0.2) is 63.7 Å². The van der Waals surface area contributed by atoms with Gasteiger partial charge < -0.3 is 10.5 Å². The van der Waals surface area contributed by atoms with Crippen molar-refractivity contribution in [1.82, 2.24) is 28.9 Å². The van der Waals surface area contributed by atoms with E-state index in [2.05, 4.69) is 15.3 Å². The first-order valence-corrected chi connectivity index (χ1v) is 12.2. The number of aromatic amines is 1. The van der Waals surface area contributed by atoms with Gasteiger partial charge in [-0.05, 0) is 18.2 Å². The number of anilines is 1. The van der Waals surface area contributed by atoms with Gasteiger partial charge in [-0.25, -0.2) is 17.2 Å². The number of fused-ring (bicyclic) bond motifs is 1. The summed E-state index contributed by atoms with van der Waals surface area (Å²) in [6, 6.07) is 4.94. The molecule has 11 nitrogen and oxygen atoms in total. The monoisotopic (exact) mass is 505 g/mol. The van der Waals surface area contributed by atoms with Gasteiger partial charge in [0, 0.05) is 39.0 Å². The Hall–Kier alpha value is -3.62. The van der Waals surface area contributed by atoms with E-state index in [1.165, 1.54) is 28.4 Å². The molecule has 0 bridgehead atoms. The van der Waals surface area contributed by atoms with Crippen LogP contribution in [0.25, 0.3) is 27.8 Å².